The smallest absolute Gasteiger partial charge is 0.322 e. The number of carboxylic acid groups (broad SMARTS) is 1. The molecule has 7 nitrogen and oxygen atoms in total. The lowest BCUT2D eigenvalue weighted by Gasteiger charge is -2.17. The fraction of sp³-hybridized carbons (Fsp3) is 0.364. The van der Waals surface area contributed by atoms with Crippen molar-refractivity contribution in [1.29, 1.82) is 5.26 Å². The minimum atomic E-state index is -3.98. The van der Waals surface area contributed by atoms with Crippen molar-refractivity contribution >= 4 is 16.0 Å². The van der Waals surface area contributed by atoms with E-state index in [2.05, 4.69) is 9.71 Å². The summed E-state index contributed by atoms with van der Waals surface area (Å²) >= 11 is 0. The Kier molecular flexibility index (Phi) is 4.58. The molecule has 0 spiro atoms. The van der Waals surface area contributed by atoms with Gasteiger partial charge in [-0.1, -0.05) is 13.8 Å². The number of carbonyl (C=O) groups is 1. The molecule has 0 aliphatic heterocycles. The van der Waals surface area contributed by atoms with Crippen LogP contribution >= 0.6 is 0 Å². The van der Waals surface area contributed by atoms with Crippen LogP contribution in [0.2, 0.25) is 0 Å². The normalized spacial score (nSPS) is 12.9. The highest BCUT2D eigenvalue weighted by Crippen LogP contribution is 2.11. The molecule has 1 heterocycles. The van der Waals surface area contributed by atoms with Gasteiger partial charge in [-0.15, -0.1) is 0 Å². The second-order valence-electron chi connectivity index (χ2n) is 4.17. The summed E-state index contributed by atoms with van der Waals surface area (Å²) in [6, 6.07) is 2.99. The first-order valence-corrected chi connectivity index (χ1v) is 6.87. The molecule has 2 N–H and O–H groups in total. The zero-order chi connectivity index (χ0) is 14.6. The molecule has 1 aromatic heterocycles. The van der Waals surface area contributed by atoms with Gasteiger partial charge in [-0.05, 0) is 18.1 Å². The molecule has 0 bridgehead atoms. The monoisotopic (exact) mass is 283 g/mol. The van der Waals surface area contributed by atoms with Crippen LogP contribution in [0.15, 0.2) is 23.2 Å². The van der Waals surface area contributed by atoms with E-state index in [0.29, 0.717) is 0 Å². The van der Waals surface area contributed by atoms with Crippen LogP contribution in [-0.4, -0.2) is 30.5 Å². The summed E-state index contributed by atoms with van der Waals surface area (Å²) < 4.78 is 26.0. The maximum Gasteiger partial charge on any atom is 0.322 e. The highest BCUT2D eigenvalue weighted by Gasteiger charge is 2.28. The standard InChI is InChI=1S/C11H13N3O4S/c1-7(2)10(11(15)16)14-19(17,18)9-4-3-8(5-12)13-6-9/h3-4,6-7,10,14H,1-2H3,(H,15,16)/t10-/m0/s1. The predicted octanol–water partition coefficient (Wildman–Crippen LogP) is 0.341. The Labute approximate surface area is 110 Å². The average Bonchev–Trinajstić information content (AvgIpc) is 2.35. The molecule has 0 aliphatic carbocycles. The second kappa shape index (κ2) is 5.77. The van der Waals surface area contributed by atoms with E-state index in [9.17, 15) is 13.2 Å². The number of rotatable bonds is 5. The van der Waals surface area contributed by atoms with Gasteiger partial charge in [0, 0.05) is 6.20 Å². The van der Waals surface area contributed by atoms with Crippen molar-refractivity contribution in [2.45, 2.75) is 24.8 Å². The maximum atomic E-state index is 12.0. The summed E-state index contributed by atoms with van der Waals surface area (Å²) in [5.41, 5.74) is 0.0811. The Balaban J connectivity index is 3.03. The van der Waals surface area contributed by atoms with E-state index >= 15 is 0 Å². The molecule has 1 rings (SSSR count). The fourth-order valence-corrected chi connectivity index (χ4v) is 2.59. The first kappa shape index (κ1) is 15.1. The highest BCUT2D eigenvalue weighted by molar-refractivity contribution is 7.89. The summed E-state index contributed by atoms with van der Waals surface area (Å²) in [6.45, 7) is 3.19. The molecule has 0 unspecified atom stereocenters. The van der Waals surface area contributed by atoms with Gasteiger partial charge in [0.1, 0.15) is 22.7 Å². The lowest BCUT2D eigenvalue weighted by Crippen LogP contribution is -2.44. The number of carboxylic acids is 1. The molecule has 19 heavy (non-hydrogen) atoms. The van der Waals surface area contributed by atoms with Crippen molar-refractivity contribution in [3.63, 3.8) is 0 Å². The highest BCUT2D eigenvalue weighted by atomic mass is 32.2. The van der Waals surface area contributed by atoms with Gasteiger partial charge < -0.3 is 5.11 Å². The molecular weight excluding hydrogens is 270 g/mol. The molecule has 0 aliphatic rings. The molecule has 1 aromatic rings. The lowest BCUT2D eigenvalue weighted by molar-refractivity contribution is -0.140. The molecular formula is C11H13N3O4S. The third-order valence-corrected chi connectivity index (χ3v) is 3.80. The number of pyridine rings is 1. The summed E-state index contributed by atoms with van der Waals surface area (Å²) in [6.07, 6.45) is 1.01. The largest absolute Gasteiger partial charge is 0.480 e. The van der Waals surface area contributed by atoms with Crippen molar-refractivity contribution in [3.05, 3.63) is 24.0 Å². The van der Waals surface area contributed by atoms with Gasteiger partial charge in [0.2, 0.25) is 10.0 Å². The molecule has 0 radical (unpaired) electrons. The Morgan fingerprint density at radius 1 is 1.47 bits per heavy atom. The van der Waals surface area contributed by atoms with Crippen molar-refractivity contribution in [1.82, 2.24) is 9.71 Å². The topological polar surface area (TPSA) is 120 Å². The number of nitrogens with zero attached hydrogens (tertiary/aromatic N) is 2. The minimum absolute atomic E-state index is 0.0811. The average molecular weight is 283 g/mol. The molecule has 8 heteroatoms. The number of hydrogen-bond acceptors (Lipinski definition) is 5. The van der Waals surface area contributed by atoms with Crippen molar-refractivity contribution in [3.8, 4) is 6.07 Å². The number of nitriles is 1. The van der Waals surface area contributed by atoms with Crippen LogP contribution in [0.25, 0.3) is 0 Å². The van der Waals surface area contributed by atoms with Crippen LogP contribution in [0.1, 0.15) is 19.5 Å². The van der Waals surface area contributed by atoms with Crippen molar-refractivity contribution in [2.24, 2.45) is 5.92 Å². The fourth-order valence-electron chi connectivity index (χ4n) is 1.31. The van der Waals surface area contributed by atoms with Crippen molar-refractivity contribution < 1.29 is 18.3 Å². The Hall–Kier alpha value is -1.98. The predicted molar refractivity (Wildman–Crippen MR) is 65.5 cm³/mol. The Bertz CT molecular complexity index is 602. The van der Waals surface area contributed by atoms with E-state index < -0.39 is 28.0 Å². The van der Waals surface area contributed by atoms with Gasteiger partial charge in [-0.2, -0.15) is 9.98 Å². The van der Waals surface area contributed by atoms with E-state index in [4.69, 9.17) is 10.4 Å². The third kappa shape index (κ3) is 3.74. The minimum Gasteiger partial charge on any atom is -0.480 e. The van der Waals surface area contributed by atoms with Gasteiger partial charge in [0.05, 0.1) is 0 Å². The SMILES string of the molecule is CC(C)[C@H](NS(=O)(=O)c1ccc(C#N)nc1)C(=O)O. The summed E-state index contributed by atoms with van der Waals surface area (Å²) in [5, 5.41) is 17.5. The molecule has 1 atom stereocenters. The third-order valence-electron chi connectivity index (χ3n) is 2.38. The summed E-state index contributed by atoms with van der Waals surface area (Å²) in [7, 11) is -3.98. The first-order chi connectivity index (χ1) is 8.77. The number of nitrogens with one attached hydrogen (secondary N) is 1. The second-order valence-corrected chi connectivity index (χ2v) is 5.89. The van der Waals surface area contributed by atoms with Gasteiger partial charge >= 0.3 is 5.97 Å². The molecule has 102 valence electrons. The zero-order valence-corrected chi connectivity index (χ0v) is 11.2. The van der Waals surface area contributed by atoms with Gasteiger partial charge in [-0.3, -0.25) is 4.79 Å². The number of aliphatic carboxylic acids is 1. The van der Waals surface area contributed by atoms with E-state index in [-0.39, 0.29) is 10.6 Å². The van der Waals surface area contributed by atoms with E-state index in [1.54, 1.807) is 19.9 Å². The van der Waals surface area contributed by atoms with Gasteiger partial charge in [-0.25, -0.2) is 13.4 Å². The maximum absolute atomic E-state index is 12.0. The van der Waals surface area contributed by atoms with Gasteiger partial charge in [0.15, 0.2) is 0 Å². The van der Waals surface area contributed by atoms with Crippen LogP contribution in [0.5, 0.6) is 0 Å². The van der Waals surface area contributed by atoms with E-state index in [1.807, 2.05) is 0 Å². The van der Waals surface area contributed by atoms with E-state index in [0.717, 1.165) is 6.20 Å². The number of hydrogen-bond donors (Lipinski definition) is 2. The van der Waals surface area contributed by atoms with Crippen LogP contribution in [-0.2, 0) is 14.8 Å². The molecule has 0 amide bonds. The molecule has 0 saturated carbocycles. The Morgan fingerprint density at radius 2 is 2.11 bits per heavy atom. The molecule has 0 aromatic carbocycles. The number of aromatic nitrogens is 1. The molecule has 0 fully saturated rings. The quantitative estimate of drug-likeness (QED) is 0.804. The zero-order valence-electron chi connectivity index (χ0n) is 10.4. The van der Waals surface area contributed by atoms with Crippen LogP contribution in [0.4, 0.5) is 0 Å². The van der Waals surface area contributed by atoms with E-state index in [1.165, 1.54) is 12.1 Å². The van der Waals surface area contributed by atoms with Gasteiger partial charge in [0.25, 0.3) is 0 Å². The molecule has 0 saturated heterocycles. The lowest BCUT2D eigenvalue weighted by atomic mass is 10.1. The Morgan fingerprint density at radius 3 is 2.47 bits per heavy atom. The number of sulfonamides is 1. The van der Waals surface area contributed by atoms with Crippen LogP contribution in [0, 0.1) is 17.2 Å². The first-order valence-electron chi connectivity index (χ1n) is 5.39. The van der Waals surface area contributed by atoms with Crippen molar-refractivity contribution in [2.75, 3.05) is 0 Å². The van der Waals surface area contributed by atoms with Crippen LogP contribution in [0.3, 0.4) is 0 Å². The van der Waals surface area contributed by atoms with Crippen LogP contribution < -0.4 is 4.72 Å². The summed E-state index contributed by atoms with van der Waals surface area (Å²) in [5.74, 6) is -1.65. The summed E-state index contributed by atoms with van der Waals surface area (Å²) in [4.78, 5) is 14.4.